The second-order valence-corrected chi connectivity index (χ2v) is 7.76. The molecule has 160 valence electrons. The number of nitrogens with one attached hydrogen (secondary N) is 1. The van der Waals surface area contributed by atoms with Crippen molar-refractivity contribution in [1.29, 1.82) is 0 Å². The van der Waals surface area contributed by atoms with Crippen molar-refractivity contribution in [3.05, 3.63) is 65.9 Å². The summed E-state index contributed by atoms with van der Waals surface area (Å²) in [6.45, 7) is 5.58. The number of benzene rings is 1. The average molecular weight is 419 g/mol. The van der Waals surface area contributed by atoms with E-state index in [1.807, 2.05) is 41.6 Å². The van der Waals surface area contributed by atoms with Crippen LogP contribution >= 0.6 is 0 Å². The number of hydrogen-bond donors (Lipinski definition) is 1. The second-order valence-electron chi connectivity index (χ2n) is 7.76. The summed E-state index contributed by atoms with van der Waals surface area (Å²) < 4.78 is 6.70. The topological polar surface area (TPSA) is 89.4 Å². The van der Waals surface area contributed by atoms with Crippen molar-refractivity contribution < 1.29 is 14.3 Å². The molecule has 1 amide bonds. The first-order valence-electron chi connectivity index (χ1n) is 10.1. The predicted molar refractivity (Wildman–Crippen MR) is 117 cm³/mol. The zero-order valence-electron chi connectivity index (χ0n) is 18.0. The molecule has 3 aromatic rings. The van der Waals surface area contributed by atoms with Gasteiger partial charge in [-0.25, -0.2) is 14.8 Å². The number of aryl methyl sites for hydroxylation is 1. The number of nitrogens with zero attached hydrogens (tertiary/aromatic N) is 4. The quantitative estimate of drug-likeness (QED) is 0.649. The first-order valence-corrected chi connectivity index (χ1v) is 10.1. The number of hydrogen-bond acceptors (Lipinski definition) is 6. The molecule has 8 nitrogen and oxygen atoms in total. The van der Waals surface area contributed by atoms with Gasteiger partial charge in [0.15, 0.2) is 0 Å². The highest BCUT2D eigenvalue weighted by Crippen LogP contribution is 2.40. The van der Waals surface area contributed by atoms with Crippen LogP contribution in [-0.2, 0) is 9.53 Å². The Bertz CT molecular complexity index is 1120. The fourth-order valence-corrected chi connectivity index (χ4v) is 4.09. The van der Waals surface area contributed by atoms with E-state index in [0.29, 0.717) is 11.4 Å². The monoisotopic (exact) mass is 419 g/mol. The van der Waals surface area contributed by atoms with Gasteiger partial charge in [-0.3, -0.25) is 4.79 Å². The molecule has 2 aromatic heterocycles. The molecule has 0 fully saturated rings. The first kappa shape index (κ1) is 20.6. The Balaban J connectivity index is 1.71. The second kappa shape index (κ2) is 8.22. The summed E-state index contributed by atoms with van der Waals surface area (Å²) in [4.78, 5) is 34.5. The zero-order valence-corrected chi connectivity index (χ0v) is 18.0. The number of aromatic nitrogens is 3. The summed E-state index contributed by atoms with van der Waals surface area (Å²) in [7, 11) is 1.34. The number of amides is 1. The van der Waals surface area contributed by atoms with E-state index in [0.717, 1.165) is 29.1 Å². The molecule has 4 rings (SSSR count). The van der Waals surface area contributed by atoms with E-state index in [9.17, 15) is 9.59 Å². The fraction of sp³-hybridized carbons (Fsp3) is 0.304. The summed E-state index contributed by atoms with van der Waals surface area (Å²) in [5.41, 5.74) is 4.19. The summed E-state index contributed by atoms with van der Waals surface area (Å²) in [6, 6.07) is 9.48. The normalized spacial score (nSPS) is 17.7. The van der Waals surface area contributed by atoms with Crippen LogP contribution in [0.3, 0.4) is 0 Å². The van der Waals surface area contributed by atoms with Crippen molar-refractivity contribution in [3.8, 4) is 5.69 Å². The van der Waals surface area contributed by atoms with Gasteiger partial charge in [0.05, 0.1) is 30.7 Å². The Morgan fingerprint density at radius 1 is 1.19 bits per heavy atom. The molecule has 0 spiro atoms. The maximum absolute atomic E-state index is 12.4. The number of fused-ring (bicyclic) bond motifs is 1. The van der Waals surface area contributed by atoms with E-state index in [1.165, 1.54) is 13.3 Å². The van der Waals surface area contributed by atoms with Gasteiger partial charge in [0.25, 0.3) is 0 Å². The number of ether oxygens (including phenoxy) is 1. The van der Waals surface area contributed by atoms with Gasteiger partial charge in [-0.2, -0.15) is 0 Å². The van der Waals surface area contributed by atoms with E-state index in [1.54, 1.807) is 25.4 Å². The van der Waals surface area contributed by atoms with Crippen LogP contribution in [-0.4, -0.2) is 39.6 Å². The number of imidazole rings is 1. The van der Waals surface area contributed by atoms with E-state index >= 15 is 0 Å². The van der Waals surface area contributed by atoms with Crippen LogP contribution in [0.5, 0.6) is 0 Å². The summed E-state index contributed by atoms with van der Waals surface area (Å²) in [5, 5.41) is 3.47. The third kappa shape index (κ3) is 4.01. The van der Waals surface area contributed by atoms with Gasteiger partial charge in [-0.05, 0) is 50.6 Å². The number of carbonyl (C=O) groups excluding carboxylic acids is 2. The number of carbonyl (C=O) groups is 2. The molecule has 2 atom stereocenters. The molecule has 1 aromatic carbocycles. The zero-order chi connectivity index (χ0) is 22.1. The van der Waals surface area contributed by atoms with Crippen molar-refractivity contribution >= 4 is 23.4 Å². The lowest BCUT2D eigenvalue weighted by molar-refractivity contribution is -0.117. The predicted octanol–water partition coefficient (Wildman–Crippen LogP) is 3.66. The van der Waals surface area contributed by atoms with Crippen molar-refractivity contribution in [3.63, 3.8) is 0 Å². The molecule has 31 heavy (non-hydrogen) atoms. The average Bonchev–Trinajstić information content (AvgIpc) is 3.19. The Morgan fingerprint density at radius 2 is 2.00 bits per heavy atom. The molecule has 8 heteroatoms. The lowest BCUT2D eigenvalue weighted by Crippen LogP contribution is -2.43. The van der Waals surface area contributed by atoms with E-state index in [-0.39, 0.29) is 18.0 Å². The smallest absolute Gasteiger partial charge is 0.339 e. The Hall–Kier alpha value is -3.68. The van der Waals surface area contributed by atoms with Crippen LogP contribution in [0.2, 0.25) is 0 Å². The molecule has 1 aliphatic rings. The van der Waals surface area contributed by atoms with Gasteiger partial charge < -0.3 is 19.5 Å². The van der Waals surface area contributed by atoms with Gasteiger partial charge in [-0.1, -0.05) is 0 Å². The van der Waals surface area contributed by atoms with Crippen molar-refractivity contribution in [2.75, 3.05) is 17.3 Å². The Kier molecular flexibility index (Phi) is 5.46. The minimum absolute atomic E-state index is 0.0129. The highest BCUT2D eigenvalue weighted by atomic mass is 16.5. The third-order valence-electron chi connectivity index (χ3n) is 5.52. The highest BCUT2D eigenvalue weighted by Gasteiger charge is 2.33. The van der Waals surface area contributed by atoms with Gasteiger partial charge >= 0.3 is 5.97 Å². The molecule has 3 heterocycles. The van der Waals surface area contributed by atoms with Gasteiger partial charge in [0.2, 0.25) is 5.91 Å². The molecule has 1 N–H and O–H groups in total. The largest absolute Gasteiger partial charge is 0.465 e. The van der Waals surface area contributed by atoms with Crippen LogP contribution in [0.25, 0.3) is 5.69 Å². The maximum Gasteiger partial charge on any atom is 0.339 e. The van der Waals surface area contributed by atoms with Crippen LogP contribution < -0.4 is 10.2 Å². The van der Waals surface area contributed by atoms with E-state index in [4.69, 9.17) is 4.74 Å². The fourth-order valence-electron chi connectivity index (χ4n) is 4.09. The molecular formula is C23H25N5O3. The van der Waals surface area contributed by atoms with Crippen LogP contribution in [0.15, 0.2) is 49.1 Å². The van der Waals surface area contributed by atoms with Gasteiger partial charge in [0.1, 0.15) is 5.82 Å². The van der Waals surface area contributed by atoms with Gasteiger partial charge in [-0.15, -0.1) is 0 Å². The molecule has 0 saturated carbocycles. The molecule has 0 saturated heterocycles. The van der Waals surface area contributed by atoms with Crippen molar-refractivity contribution in [2.45, 2.75) is 39.3 Å². The lowest BCUT2D eigenvalue weighted by Gasteiger charge is -2.39. The van der Waals surface area contributed by atoms with Crippen molar-refractivity contribution in [2.24, 2.45) is 0 Å². The number of pyridine rings is 1. The van der Waals surface area contributed by atoms with Gasteiger partial charge in [0, 0.05) is 42.3 Å². The Morgan fingerprint density at radius 3 is 2.61 bits per heavy atom. The first-order chi connectivity index (χ1) is 14.9. The summed E-state index contributed by atoms with van der Waals surface area (Å²) in [6.07, 6.45) is 5.96. The van der Waals surface area contributed by atoms with E-state index in [2.05, 4.69) is 21.4 Å². The SMILES string of the molecule is COC(=O)c1ccc(N[C@@H]2C[C@H](C)N(C(C)=O)c3ccc(-n4cnc(C)c4)cc32)nc1. The third-order valence-corrected chi connectivity index (χ3v) is 5.52. The van der Waals surface area contributed by atoms with Crippen molar-refractivity contribution in [1.82, 2.24) is 14.5 Å². The number of anilines is 2. The maximum atomic E-state index is 12.4. The van der Waals surface area contributed by atoms with Crippen LogP contribution in [0.1, 0.15) is 47.9 Å². The van der Waals surface area contributed by atoms with Crippen LogP contribution in [0.4, 0.5) is 11.5 Å². The highest BCUT2D eigenvalue weighted by molar-refractivity contribution is 5.94. The number of methoxy groups -OCH3 is 1. The minimum atomic E-state index is -0.423. The number of rotatable bonds is 4. The Labute approximate surface area is 180 Å². The molecule has 1 aliphatic heterocycles. The minimum Gasteiger partial charge on any atom is -0.465 e. The van der Waals surface area contributed by atoms with Crippen LogP contribution in [0, 0.1) is 6.92 Å². The molecule has 0 aliphatic carbocycles. The number of esters is 1. The van der Waals surface area contributed by atoms with E-state index < -0.39 is 5.97 Å². The molecule has 0 radical (unpaired) electrons. The lowest BCUT2D eigenvalue weighted by atomic mass is 9.91. The summed E-state index contributed by atoms with van der Waals surface area (Å²) >= 11 is 0. The molecular weight excluding hydrogens is 394 g/mol. The standard InChI is InChI=1S/C23H25N5O3/c1-14-12-27(13-25-14)18-6-7-21-19(10-18)20(9-15(2)28(21)16(3)29)26-22-8-5-17(11-24-22)23(30)31-4/h5-8,10-13,15,20H,9H2,1-4H3,(H,24,26)/t15-,20+/m0/s1. The molecule has 0 unspecified atom stereocenters. The summed E-state index contributed by atoms with van der Waals surface area (Å²) in [5.74, 6) is 0.239. The molecule has 0 bridgehead atoms.